The second kappa shape index (κ2) is 12.4. The number of aromatic nitrogens is 5. The van der Waals surface area contributed by atoms with Crippen LogP contribution in [0.2, 0.25) is 0 Å². The molecule has 5 nitrogen and oxygen atoms in total. The van der Waals surface area contributed by atoms with Crippen LogP contribution in [-0.2, 0) is 5.41 Å². The predicted octanol–water partition coefficient (Wildman–Crippen LogP) is 11.3. The van der Waals surface area contributed by atoms with Gasteiger partial charge in [0.05, 0.1) is 11.1 Å². The SMILES string of the molecule is c1ccc(-c2nc(-c3ccccc3)nc(-c3cccc(-c4ccc(-c5ncc6c(n5)C5(c7ccccc7-c7ccccc75)c5ccccc5-6)cc4)c3)n2)cc1. The number of hydrogen-bond donors (Lipinski definition) is 0. The van der Waals surface area contributed by atoms with Crippen molar-refractivity contribution in [3.63, 3.8) is 0 Å². The monoisotopic (exact) mass is 701 g/mol. The zero-order chi connectivity index (χ0) is 36.3. The Morgan fingerprint density at radius 1 is 0.291 bits per heavy atom. The number of fused-ring (bicyclic) bond motifs is 10. The molecule has 0 bridgehead atoms. The quantitative estimate of drug-likeness (QED) is 0.179. The second-order valence-electron chi connectivity index (χ2n) is 14.0. The third kappa shape index (κ3) is 4.83. The molecule has 2 aromatic heterocycles. The molecule has 0 saturated heterocycles. The van der Waals surface area contributed by atoms with Gasteiger partial charge in [0.1, 0.15) is 0 Å². The minimum Gasteiger partial charge on any atom is -0.236 e. The molecule has 256 valence electrons. The Balaban J connectivity index is 0.982. The van der Waals surface area contributed by atoms with Crippen LogP contribution in [0.4, 0.5) is 0 Å². The summed E-state index contributed by atoms with van der Waals surface area (Å²) in [6.07, 6.45) is 2.02. The zero-order valence-corrected chi connectivity index (χ0v) is 29.6. The molecule has 2 aliphatic carbocycles. The number of rotatable bonds is 5. The molecule has 0 unspecified atom stereocenters. The summed E-state index contributed by atoms with van der Waals surface area (Å²) >= 11 is 0. The minimum absolute atomic E-state index is 0.507. The van der Waals surface area contributed by atoms with Gasteiger partial charge in [0.15, 0.2) is 23.3 Å². The van der Waals surface area contributed by atoms with Gasteiger partial charge in [-0.05, 0) is 50.6 Å². The summed E-state index contributed by atoms with van der Waals surface area (Å²) < 4.78 is 0. The van der Waals surface area contributed by atoms with Gasteiger partial charge in [-0.1, -0.05) is 176 Å². The Kier molecular flexibility index (Phi) is 7.01. The second-order valence-corrected chi connectivity index (χ2v) is 14.0. The van der Waals surface area contributed by atoms with Gasteiger partial charge < -0.3 is 0 Å². The van der Waals surface area contributed by atoms with Crippen LogP contribution < -0.4 is 0 Å². The average molecular weight is 702 g/mol. The van der Waals surface area contributed by atoms with Crippen LogP contribution in [0.25, 0.3) is 78.9 Å². The summed E-state index contributed by atoms with van der Waals surface area (Å²) in [6.45, 7) is 0. The van der Waals surface area contributed by atoms with E-state index in [1.807, 2.05) is 66.9 Å². The first-order valence-electron chi connectivity index (χ1n) is 18.5. The maximum Gasteiger partial charge on any atom is 0.164 e. The van der Waals surface area contributed by atoms with Crippen molar-refractivity contribution in [2.45, 2.75) is 5.41 Å². The first kappa shape index (κ1) is 31.2. The Bertz CT molecular complexity index is 2800. The molecule has 2 aliphatic rings. The van der Waals surface area contributed by atoms with Gasteiger partial charge in [0.25, 0.3) is 0 Å². The van der Waals surface area contributed by atoms with Gasteiger partial charge >= 0.3 is 0 Å². The van der Waals surface area contributed by atoms with Crippen LogP contribution in [0, 0.1) is 0 Å². The lowest BCUT2D eigenvalue weighted by atomic mass is 9.72. The minimum atomic E-state index is -0.507. The lowest BCUT2D eigenvalue weighted by Gasteiger charge is -2.29. The van der Waals surface area contributed by atoms with E-state index in [0.29, 0.717) is 23.3 Å². The zero-order valence-electron chi connectivity index (χ0n) is 29.6. The molecule has 0 radical (unpaired) electrons. The summed E-state index contributed by atoms with van der Waals surface area (Å²) in [5.74, 6) is 2.62. The van der Waals surface area contributed by atoms with Crippen molar-refractivity contribution in [1.82, 2.24) is 24.9 Å². The standard InChI is InChI=1S/C50H31N5/c1-3-14-33(15-4-1)47-53-48(34-16-5-2-6-17-34)55-49(54-47)37-19-13-18-36(30-37)32-26-28-35(29-27-32)46-51-31-41-40-22-9-12-25-44(40)50(45(41)52-46)42-23-10-7-20-38(42)39-21-8-11-24-43(39)50/h1-31H. The summed E-state index contributed by atoms with van der Waals surface area (Å²) in [6, 6.07) is 63.4. The van der Waals surface area contributed by atoms with Crippen molar-refractivity contribution in [3.8, 4) is 78.9 Å². The topological polar surface area (TPSA) is 64.5 Å². The highest BCUT2D eigenvalue weighted by atomic mass is 15.0. The van der Waals surface area contributed by atoms with Crippen molar-refractivity contribution in [1.29, 1.82) is 0 Å². The largest absolute Gasteiger partial charge is 0.236 e. The van der Waals surface area contributed by atoms with Crippen LogP contribution in [-0.4, -0.2) is 24.9 Å². The molecule has 0 N–H and O–H groups in total. The van der Waals surface area contributed by atoms with Gasteiger partial charge in [0.2, 0.25) is 0 Å². The number of benzene rings is 7. The number of nitrogens with zero attached hydrogens (tertiary/aromatic N) is 5. The Hall–Kier alpha value is -7.37. The van der Waals surface area contributed by atoms with Gasteiger partial charge in [-0.3, -0.25) is 0 Å². The van der Waals surface area contributed by atoms with E-state index in [4.69, 9.17) is 24.9 Å². The molecule has 7 aromatic carbocycles. The molecular formula is C50H31N5. The Morgan fingerprint density at radius 3 is 1.27 bits per heavy atom. The molecule has 0 aliphatic heterocycles. The van der Waals surface area contributed by atoms with Gasteiger partial charge in [-0.15, -0.1) is 0 Å². The van der Waals surface area contributed by atoms with E-state index in [-0.39, 0.29) is 0 Å². The van der Waals surface area contributed by atoms with E-state index in [0.717, 1.165) is 44.6 Å². The van der Waals surface area contributed by atoms with Crippen molar-refractivity contribution >= 4 is 0 Å². The van der Waals surface area contributed by atoms with Crippen molar-refractivity contribution in [2.24, 2.45) is 0 Å². The van der Waals surface area contributed by atoms with Crippen molar-refractivity contribution in [3.05, 3.63) is 211 Å². The average Bonchev–Trinajstić information content (AvgIpc) is 3.74. The first-order chi connectivity index (χ1) is 27.3. The first-order valence-corrected chi connectivity index (χ1v) is 18.5. The van der Waals surface area contributed by atoms with Crippen molar-refractivity contribution in [2.75, 3.05) is 0 Å². The van der Waals surface area contributed by atoms with Gasteiger partial charge in [0, 0.05) is 34.0 Å². The highest BCUT2D eigenvalue weighted by Crippen LogP contribution is 2.62. The van der Waals surface area contributed by atoms with Crippen LogP contribution in [0.5, 0.6) is 0 Å². The maximum absolute atomic E-state index is 5.46. The number of hydrogen-bond acceptors (Lipinski definition) is 5. The van der Waals surface area contributed by atoms with E-state index < -0.39 is 5.41 Å². The molecule has 0 saturated carbocycles. The third-order valence-electron chi connectivity index (χ3n) is 11.0. The Morgan fingerprint density at radius 2 is 0.709 bits per heavy atom. The molecule has 55 heavy (non-hydrogen) atoms. The lowest BCUT2D eigenvalue weighted by Crippen LogP contribution is -2.27. The molecule has 0 amide bonds. The lowest BCUT2D eigenvalue weighted by molar-refractivity contribution is 0.757. The van der Waals surface area contributed by atoms with E-state index in [2.05, 4.69) is 121 Å². The van der Waals surface area contributed by atoms with Crippen LogP contribution >= 0.6 is 0 Å². The van der Waals surface area contributed by atoms with Gasteiger partial charge in [-0.2, -0.15) is 0 Å². The van der Waals surface area contributed by atoms with Crippen LogP contribution in [0.15, 0.2) is 188 Å². The van der Waals surface area contributed by atoms with Crippen molar-refractivity contribution < 1.29 is 0 Å². The molecule has 5 heteroatoms. The highest BCUT2D eigenvalue weighted by molar-refractivity contribution is 5.94. The smallest absolute Gasteiger partial charge is 0.164 e. The van der Waals surface area contributed by atoms with E-state index in [9.17, 15) is 0 Å². The normalized spacial score (nSPS) is 12.9. The molecule has 2 heterocycles. The van der Waals surface area contributed by atoms with Crippen LogP contribution in [0.3, 0.4) is 0 Å². The third-order valence-corrected chi connectivity index (χ3v) is 11.0. The van der Waals surface area contributed by atoms with Crippen LogP contribution in [0.1, 0.15) is 22.4 Å². The Labute approximate surface area is 318 Å². The summed E-state index contributed by atoms with van der Waals surface area (Å²) in [7, 11) is 0. The van der Waals surface area contributed by atoms with E-state index in [1.54, 1.807) is 0 Å². The van der Waals surface area contributed by atoms with Gasteiger partial charge in [-0.25, -0.2) is 24.9 Å². The molecule has 0 fully saturated rings. The molecule has 9 aromatic rings. The molecule has 0 atom stereocenters. The van der Waals surface area contributed by atoms with E-state index >= 15 is 0 Å². The fourth-order valence-electron chi connectivity index (χ4n) is 8.54. The summed E-state index contributed by atoms with van der Waals surface area (Å²) in [5.41, 5.74) is 15.0. The molecular weight excluding hydrogens is 671 g/mol. The molecule has 1 spiro atoms. The fourth-order valence-corrected chi connectivity index (χ4v) is 8.54. The highest BCUT2D eigenvalue weighted by Gasteiger charge is 2.53. The molecule has 11 rings (SSSR count). The summed E-state index contributed by atoms with van der Waals surface area (Å²) in [4.78, 5) is 25.2. The predicted molar refractivity (Wildman–Crippen MR) is 219 cm³/mol. The fraction of sp³-hybridized carbons (Fsp3) is 0.0200. The maximum atomic E-state index is 5.46. The van der Waals surface area contributed by atoms with E-state index in [1.165, 1.54) is 33.4 Å². The summed E-state index contributed by atoms with van der Waals surface area (Å²) in [5, 5.41) is 0.